The third-order valence-electron chi connectivity index (χ3n) is 5.73. The fourth-order valence-corrected chi connectivity index (χ4v) is 4.22. The van der Waals surface area contributed by atoms with E-state index in [9.17, 15) is 0 Å². The summed E-state index contributed by atoms with van der Waals surface area (Å²) in [6.07, 6.45) is 3.80. The first-order chi connectivity index (χ1) is 14.8. The lowest BCUT2D eigenvalue weighted by atomic mass is 10.1. The Morgan fingerprint density at radius 2 is 1.93 bits per heavy atom. The Kier molecular flexibility index (Phi) is 5.17. The van der Waals surface area contributed by atoms with E-state index < -0.39 is 0 Å². The molecule has 1 aliphatic heterocycles. The smallest absolute Gasteiger partial charge is 0.128 e. The van der Waals surface area contributed by atoms with Crippen LogP contribution in [0.25, 0.3) is 16.7 Å². The third kappa shape index (κ3) is 3.56. The molecule has 1 fully saturated rings. The highest BCUT2D eigenvalue weighted by atomic mass is 16.5. The second kappa shape index (κ2) is 8.26. The number of imidazole rings is 1. The number of aromatic nitrogens is 3. The summed E-state index contributed by atoms with van der Waals surface area (Å²) in [5.74, 6) is 1.89. The van der Waals surface area contributed by atoms with E-state index in [1.165, 1.54) is 5.56 Å². The highest BCUT2D eigenvalue weighted by Crippen LogP contribution is 2.27. The van der Waals surface area contributed by atoms with Crippen molar-refractivity contribution in [2.75, 3.05) is 26.7 Å². The second-order valence-corrected chi connectivity index (χ2v) is 7.53. The average Bonchev–Trinajstić information content (AvgIpc) is 3.18. The van der Waals surface area contributed by atoms with E-state index in [0.29, 0.717) is 0 Å². The Labute approximate surface area is 176 Å². The van der Waals surface area contributed by atoms with Gasteiger partial charge in [0, 0.05) is 43.8 Å². The van der Waals surface area contributed by atoms with E-state index in [4.69, 9.17) is 9.72 Å². The van der Waals surface area contributed by atoms with Crippen LogP contribution in [0.15, 0.2) is 73.1 Å². The molecule has 6 heteroatoms. The van der Waals surface area contributed by atoms with Crippen molar-refractivity contribution in [1.82, 2.24) is 24.8 Å². The van der Waals surface area contributed by atoms with Crippen LogP contribution in [0.3, 0.4) is 0 Å². The normalized spacial score (nSPS) is 17.3. The molecule has 0 bridgehead atoms. The number of pyridine rings is 1. The van der Waals surface area contributed by atoms with Gasteiger partial charge >= 0.3 is 0 Å². The van der Waals surface area contributed by atoms with Crippen LogP contribution >= 0.6 is 0 Å². The lowest BCUT2D eigenvalue weighted by molar-refractivity contribution is 0.149. The fourth-order valence-electron chi connectivity index (χ4n) is 4.22. The number of methoxy groups -OCH3 is 1. The summed E-state index contributed by atoms with van der Waals surface area (Å²) in [5.41, 5.74) is 4.45. The quantitative estimate of drug-likeness (QED) is 0.556. The maximum atomic E-state index is 5.34. The zero-order chi connectivity index (χ0) is 20.3. The van der Waals surface area contributed by atoms with Crippen LogP contribution < -0.4 is 10.1 Å². The summed E-state index contributed by atoms with van der Waals surface area (Å²) in [6.45, 7) is 3.61. The van der Waals surface area contributed by atoms with E-state index in [-0.39, 0.29) is 6.04 Å². The number of hydrogen-bond acceptors (Lipinski definition) is 5. The maximum absolute atomic E-state index is 5.34. The maximum Gasteiger partial charge on any atom is 0.128 e. The number of para-hydroxylation sites is 2. The number of nitrogens with one attached hydrogen (secondary N) is 1. The second-order valence-electron chi connectivity index (χ2n) is 7.53. The number of benzene rings is 2. The predicted molar refractivity (Wildman–Crippen MR) is 118 cm³/mol. The van der Waals surface area contributed by atoms with Crippen LogP contribution in [-0.4, -0.2) is 46.2 Å². The Balaban J connectivity index is 1.55. The van der Waals surface area contributed by atoms with Crippen molar-refractivity contribution in [1.29, 1.82) is 0 Å². The first kappa shape index (κ1) is 18.8. The highest BCUT2D eigenvalue weighted by molar-refractivity contribution is 5.78. The Hall–Kier alpha value is -3.22. The minimum atomic E-state index is 0.275. The summed E-state index contributed by atoms with van der Waals surface area (Å²) in [6, 6.07) is 20.9. The van der Waals surface area contributed by atoms with Crippen molar-refractivity contribution >= 4 is 11.0 Å². The van der Waals surface area contributed by atoms with Gasteiger partial charge in [0.05, 0.1) is 24.7 Å². The Morgan fingerprint density at radius 1 is 1.07 bits per heavy atom. The molecule has 2 aromatic carbocycles. The summed E-state index contributed by atoms with van der Waals surface area (Å²) < 4.78 is 7.60. The zero-order valence-electron chi connectivity index (χ0n) is 17.0. The SMILES string of the molecule is COc1ccc(-n2c(CN3CCNCC3c3cccnc3)nc3ccccc32)cc1. The van der Waals surface area contributed by atoms with E-state index in [1.807, 2.05) is 36.7 Å². The molecule has 0 aliphatic carbocycles. The summed E-state index contributed by atoms with van der Waals surface area (Å²) in [5, 5.41) is 3.52. The lowest BCUT2D eigenvalue weighted by Crippen LogP contribution is -2.45. The van der Waals surface area contributed by atoms with Gasteiger partial charge in [-0.3, -0.25) is 14.5 Å². The molecule has 4 aromatic rings. The molecule has 0 radical (unpaired) electrons. The van der Waals surface area contributed by atoms with Crippen molar-refractivity contribution in [3.05, 3.63) is 84.4 Å². The molecule has 30 heavy (non-hydrogen) atoms. The van der Waals surface area contributed by atoms with Gasteiger partial charge < -0.3 is 10.1 Å². The molecule has 1 atom stereocenters. The topological polar surface area (TPSA) is 55.2 Å². The molecule has 3 heterocycles. The number of rotatable bonds is 5. The van der Waals surface area contributed by atoms with Crippen molar-refractivity contribution in [2.24, 2.45) is 0 Å². The summed E-state index contributed by atoms with van der Waals surface area (Å²) >= 11 is 0. The molecule has 0 spiro atoms. The predicted octanol–water partition coefficient (Wildman–Crippen LogP) is 3.58. The third-order valence-corrected chi connectivity index (χ3v) is 5.73. The monoisotopic (exact) mass is 399 g/mol. The molecule has 1 N–H and O–H groups in total. The molecular formula is C24H25N5O. The van der Waals surface area contributed by atoms with E-state index >= 15 is 0 Å². The molecule has 0 amide bonds. The average molecular weight is 399 g/mol. The van der Waals surface area contributed by atoms with Gasteiger partial charge in [-0.25, -0.2) is 4.98 Å². The number of fused-ring (bicyclic) bond motifs is 1. The highest BCUT2D eigenvalue weighted by Gasteiger charge is 2.26. The van der Waals surface area contributed by atoms with Crippen LogP contribution in [0.5, 0.6) is 5.75 Å². The van der Waals surface area contributed by atoms with Gasteiger partial charge in [-0.15, -0.1) is 0 Å². The van der Waals surface area contributed by atoms with Gasteiger partial charge in [0.15, 0.2) is 0 Å². The minimum absolute atomic E-state index is 0.275. The number of hydrogen-bond donors (Lipinski definition) is 1. The van der Waals surface area contributed by atoms with Crippen LogP contribution in [0.4, 0.5) is 0 Å². The molecule has 1 unspecified atom stereocenters. The molecule has 6 nitrogen and oxygen atoms in total. The standard InChI is InChI=1S/C24H25N5O/c1-30-20-10-8-19(9-11-20)29-22-7-3-2-6-21(22)27-24(29)17-28-14-13-26-16-23(28)18-5-4-12-25-15-18/h2-12,15,23,26H,13-14,16-17H2,1H3. The van der Waals surface area contributed by atoms with Crippen LogP contribution in [0, 0.1) is 0 Å². The van der Waals surface area contributed by atoms with Gasteiger partial charge in [0.1, 0.15) is 11.6 Å². The number of nitrogens with zero attached hydrogens (tertiary/aromatic N) is 4. The first-order valence-corrected chi connectivity index (χ1v) is 10.3. The molecular weight excluding hydrogens is 374 g/mol. The van der Waals surface area contributed by atoms with Crippen molar-refractivity contribution in [2.45, 2.75) is 12.6 Å². The van der Waals surface area contributed by atoms with Gasteiger partial charge in [0.2, 0.25) is 0 Å². The lowest BCUT2D eigenvalue weighted by Gasteiger charge is -2.36. The summed E-state index contributed by atoms with van der Waals surface area (Å²) in [7, 11) is 1.69. The first-order valence-electron chi connectivity index (χ1n) is 10.3. The van der Waals surface area contributed by atoms with E-state index in [1.54, 1.807) is 7.11 Å². The zero-order valence-corrected chi connectivity index (χ0v) is 17.0. The van der Waals surface area contributed by atoms with Crippen molar-refractivity contribution in [3.63, 3.8) is 0 Å². The summed E-state index contributed by atoms with van der Waals surface area (Å²) in [4.78, 5) is 11.8. The van der Waals surface area contributed by atoms with Crippen LogP contribution in [0.2, 0.25) is 0 Å². The van der Waals surface area contributed by atoms with Gasteiger partial charge in [0.25, 0.3) is 0 Å². The Morgan fingerprint density at radius 3 is 2.73 bits per heavy atom. The number of ether oxygens (including phenoxy) is 1. The van der Waals surface area contributed by atoms with Crippen LogP contribution in [-0.2, 0) is 6.54 Å². The van der Waals surface area contributed by atoms with Crippen molar-refractivity contribution in [3.8, 4) is 11.4 Å². The van der Waals surface area contributed by atoms with E-state index in [2.05, 4.69) is 56.2 Å². The van der Waals surface area contributed by atoms with Crippen LogP contribution in [0.1, 0.15) is 17.4 Å². The van der Waals surface area contributed by atoms with Gasteiger partial charge in [-0.05, 0) is 48.0 Å². The van der Waals surface area contributed by atoms with Gasteiger partial charge in [-0.2, -0.15) is 0 Å². The van der Waals surface area contributed by atoms with Crippen molar-refractivity contribution < 1.29 is 4.74 Å². The molecule has 2 aromatic heterocycles. The molecule has 0 saturated carbocycles. The minimum Gasteiger partial charge on any atom is -0.497 e. The Bertz CT molecular complexity index is 1120. The van der Waals surface area contributed by atoms with Gasteiger partial charge in [-0.1, -0.05) is 18.2 Å². The largest absolute Gasteiger partial charge is 0.497 e. The molecule has 1 aliphatic rings. The molecule has 5 rings (SSSR count). The molecule has 1 saturated heterocycles. The molecule has 152 valence electrons. The number of piperazine rings is 1. The van der Waals surface area contributed by atoms with E-state index in [0.717, 1.165) is 54.5 Å². The fraction of sp³-hybridized carbons (Fsp3) is 0.250.